The molecule has 1 aliphatic heterocycles. The van der Waals surface area contributed by atoms with Crippen molar-refractivity contribution in [2.75, 3.05) is 6.54 Å². The first-order valence-corrected chi connectivity index (χ1v) is 8.12. The molecule has 0 aliphatic carbocycles. The summed E-state index contributed by atoms with van der Waals surface area (Å²) < 4.78 is 2.57. The van der Waals surface area contributed by atoms with E-state index >= 15 is 0 Å². The first-order valence-electron chi connectivity index (χ1n) is 7.71. The Hall–Kier alpha value is -2.18. The van der Waals surface area contributed by atoms with Crippen molar-refractivity contribution >= 4 is 23.1 Å². The molecular formula is C17H18N4OS. The zero-order chi connectivity index (χ0) is 16.0. The predicted octanol–water partition coefficient (Wildman–Crippen LogP) is 2.48. The number of aromatic nitrogens is 3. The predicted molar refractivity (Wildman–Crippen MR) is 93.0 cm³/mol. The van der Waals surface area contributed by atoms with Gasteiger partial charge in [0.1, 0.15) is 0 Å². The molecule has 0 saturated carbocycles. The average molecular weight is 326 g/mol. The number of H-pyrrole nitrogens is 2. The third-order valence-electron chi connectivity index (χ3n) is 4.56. The number of hydrogen-bond donors (Lipinski definition) is 2. The van der Waals surface area contributed by atoms with Crippen LogP contribution in [0.1, 0.15) is 16.8 Å². The van der Waals surface area contributed by atoms with E-state index in [1.165, 1.54) is 16.5 Å². The van der Waals surface area contributed by atoms with Gasteiger partial charge in [0.15, 0.2) is 4.77 Å². The molecule has 2 aromatic heterocycles. The summed E-state index contributed by atoms with van der Waals surface area (Å²) in [6, 6.07) is 8.45. The molecule has 3 aromatic rings. The molecule has 0 spiro atoms. The van der Waals surface area contributed by atoms with Gasteiger partial charge in [0.2, 0.25) is 0 Å². The van der Waals surface area contributed by atoms with Crippen molar-refractivity contribution in [2.45, 2.75) is 19.5 Å². The molecule has 0 unspecified atom stereocenters. The molecule has 0 fully saturated rings. The van der Waals surface area contributed by atoms with Crippen LogP contribution in [0.5, 0.6) is 0 Å². The lowest BCUT2D eigenvalue weighted by molar-refractivity contribution is 0.241. The van der Waals surface area contributed by atoms with E-state index in [-0.39, 0.29) is 5.56 Å². The van der Waals surface area contributed by atoms with Gasteiger partial charge >= 0.3 is 0 Å². The van der Waals surface area contributed by atoms with Crippen LogP contribution >= 0.6 is 12.2 Å². The summed E-state index contributed by atoms with van der Waals surface area (Å²) in [6.07, 6.45) is 2.95. The Balaban J connectivity index is 1.65. The maximum atomic E-state index is 12.0. The van der Waals surface area contributed by atoms with Gasteiger partial charge in [-0.15, -0.1) is 0 Å². The molecule has 0 bridgehead atoms. The van der Waals surface area contributed by atoms with Gasteiger partial charge in [-0.05, 0) is 30.3 Å². The second-order valence-electron chi connectivity index (χ2n) is 6.11. The summed E-state index contributed by atoms with van der Waals surface area (Å²) >= 11 is 5.09. The molecule has 0 radical (unpaired) electrons. The number of hydrogen-bond acceptors (Lipinski definition) is 3. The van der Waals surface area contributed by atoms with Crippen LogP contribution in [0.3, 0.4) is 0 Å². The fourth-order valence-corrected chi connectivity index (χ4v) is 3.67. The van der Waals surface area contributed by atoms with Crippen molar-refractivity contribution in [1.29, 1.82) is 0 Å². The van der Waals surface area contributed by atoms with Gasteiger partial charge in [0.25, 0.3) is 5.56 Å². The lowest BCUT2D eigenvalue weighted by Crippen LogP contribution is -2.34. The summed E-state index contributed by atoms with van der Waals surface area (Å²) in [6.45, 7) is 2.48. The Morgan fingerprint density at radius 2 is 2.09 bits per heavy atom. The summed E-state index contributed by atoms with van der Waals surface area (Å²) in [7, 11) is 2.08. The van der Waals surface area contributed by atoms with E-state index in [0.29, 0.717) is 4.77 Å². The van der Waals surface area contributed by atoms with E-state index in [2.05, 4.69) is 56.9 Å². The Labute approximate surface area is 138 Å². The SMILES string of the molecule is Cn1cc(CN2CCc3c([nH]c(=S)[nH]c3=O)C2)c2ccccc21. The van der Waals surface area contributed by atoms with Gasteiger partial charge in [-0.1, -0.05) is 18.2 Å². The molecule has 0 atom stereocenters. The molecule has 118 valence electrons. The van der Waals surface area contributed by atoms with Gasteiger partial charge in [0, 0.05) is 55.0 Å². The van der Waals surface area contributed by atoms with Crippen LogP contribution in [0.15, 0.2) is 35.3 Å². The van der Waals surface area contributed by atoms with Crippen molar-refractivity contribution < 1.29 is 0 Å². The lowest BCUT2D eigenvalue weighted by atomic mass is 10.1. The summed E-state index contributed by atoms with van der Waals surface area (Å²) in [5, 5.41) is 1.29. The second kappa shape index (κ2) is 5.47. The zero-order valence-corrected chi connectivity index (χ0v) is 13.7. The largest absolute Gasteiger partial charge is 0.350 e. The molecule has 3 heterocycles. The van der Waals surface area contributed by atoms with Gasteiger partial charge < -0.3 is 9.55 Å². The van der Waals surface area contributed by atoms with E-state index in [0.717, 1.165) is 37.3 Å². The normalized spacial score (nSPS) is 15.0. The number of para-hydroxylation sites is 1. The van der Waals surface area contributed by atoms with Crippen LogP contribution in [0, 0.1) is 4.77 Å². The van der Waals surface area contributed by atoms with E-state index in [1.807, 2.05) is 0 Å². The summed E-state index contributed by atoms with van der Waals surface area (Å²) in [5.74, 6) is 0. The number of rotatable bonds is 2. The quantitative estimate of drug-likeness (QED) is 0.711. The van der Waals surface area contributed by atoms with Crippen molar-refractivity contribution in [2.24, 2.45) is 7.05 Å². The highest BCUT2D eigenvalue weighted by atomic mass is 32.1. The number of fused-ring (bicyclic) bond motifs is 2. The Bertz CT molecular complexity index is 998. The number of nitrogens with one attached hydrogen (secondary N) is 2. The molecule has 1 aromatic carbocycles. The van der Waals surface area contributed by atoms with Crippen LogP contribution in [0.25, 0.3) is 10.9 Å². The third kappa shape index (κ3) is 2.54. The molecule has 0 saturated heterocycles. The van der Waals surface area contributed by atoms with Crippen LogP contribution in [0.2, 0.25) is 0 Å². The smallest absolute Gasteiger partial charge is 0.255 e. The van der Waals surface area contributed by atoms with Crippen LogP contribution in [0.4, 0.5) is 0 Å². The van der Waals surface area contributed by atoms with Crippen molar-refractivity contribution in [3.05, 3.63) is 62.4 Å². The van der Waals surface area contributed by atoms with Gasteiger partial charge in [-0.3, -0.25) is 14.7 Å². The minimum Gasteiger partial charge on any atom is -0.350 e. The van der Waals surface area contributed by atoms with Gasteiger partial charge in [-0.2, -0.15) is 0 Å². The molecule has 0 amide bonds. The Morgan fingerprint density at radius 3 is 2.96 bits per heavy atom. The highest BCUT2D eigenvalue weighted by Gasteiger charge is 2.20. The van der Waals surface area contributed by atoms with Crippen molar-refractivity contribution in [3.8, 4) is 0 Å². The number of aryl methyl sites for hydroxylation is 1. The topological polar surface area (TPSA) is 56.8 Å². The standard InChI is InChI=1S/C17H18N4OS/c1-20-8-11(12-4-2-3-5-15(12)20)9-21-7-6-13-14(10-21)18-17(23)19-16(13)22/h2-5,8H,6-7,9-10H2,1H3,(H2,18,19,22,23). The molecule has 23 heavy (non-hydrogen) atoms. The Morgan fingerprint density at radius 1 is 1.26 bits per heavy atom. The minimum absolute atomic E-state index is 0.0476. The lowest BCUT2D eigenvalue weighted by Gasteiger charge is -2.27. The van der Waals surface area contributed by atoms with Gasteiger partial charge in [0.05, 0.1) is 0 Å². The van der Waals surface area contributed by atoms with E-state index in [1.54, 1.807) is 0 Å². The van der Waals surface area contributed by atoms with Crippen molar-refractivity contribution in [3.63, 3.8) is 0 Å². The summed E-state index contributed by atoms with van der Waals surface area (Å²) in [5.41, 5.74) is 4.30. The summed E-state index contributed by atoms with van der Waals surface area (Å²) in [4.78, 5) is 20.1. The van der Waals surface area contributed by atoms with Crippen LogP contribution < -0.4 is 5.56 Å². The molecule has 1 aliphatic rings. The maximum Gasteiger partial charge on any atom is 0.255 e. The number of benzene rings is 1. The van der Waals surface area contributed by atoms with E-state index in [4.69, 9.17) is 12.2 Å². The first-order chi connectivity index (χ1) is 11.1. The fraction of sp³-hybridized carbons (Fsp3) is 0.294. The van der Waals surface area contributed by atoms with E-state index in [9.17, 15) is 4.79 Å². The molecule has 2 N–H and O–H groups in total. The minimum atomic E-state index is -0.0476. The zero-order valence-electron chi connectivity index (χ0n) is 12.9. The number of nitrogens with zero attached hydrogens (tertiary/aromatic N) is 2. The second-order valence-corrected chi connectivity index (χ2v) is 6.52. The van der Waals surface area contributed by atoms with E-state index < -0.39 is 0 Å². The van der Waals surface area contributed by atoms with Gasteiger partial charge in [-0.25, -0.2) is 0 Å². The van der Waals surface area contributed by atoms with Crippen molar-refractivity contribution in [1.82, 2.24) is 19.4 Å². The first kappa shape index (κ1) is 14.4. The third-order valence-corrected chi connectivity index (χ3v) is 4.77. The monoisotopic (exact) mass is 326 g/mol. The average Bonchev–Trinajstić information content (AvgIpc) is 2.83. The highest BCUT2D eigenvalue weighted by molar-refractivity contribution is 7.71. The fourth-order valence-electron chi connectivity index (χ4n) is 3.46. The number of aromatic amines is 2. The highest BCUT2D eigenvalue weighted by Crippen LogP contribution is 2.23. The molecular weight excluding hydrogens is 308 g/mol. The van der Waals surface area contributed by atoms with Crippen LogP contribution in [-0.4, -0.2) is 26.0 Å². The molecule has 6 heteroatoms. The van der Waals surface area contributed by atoms with Crippen LogP contribution in [-0.2, 0) is 26.6 Å². The Kier molecular flexibility index (Phi) is 3.43. The maximum absolute atomic E-state index is 12.0. The molecule has 5 nitrogen and oxygen atoms in total. The molecule has 4 rings (SSSR count).